The van der Waals surface area contributed by atoms with Gasteiger partial charge in [0.1, 0.15) is 11.6 Å². The van der Waals surface area contributed by atoms with Crippen LogP contribution in [0.3, 0.4) is 0 Å². The summed E-state index contributed by atoms with van der Waals surface area (Å²) in [5, 5.41) is 8.34. The van der Waals surface area contributed by atoms with Crippen molar-refractivity contribution in [3.63, 3.8) is 0 Å². The van der Waals surface area contributed by atoms with E-state index in [-0.39, 0.29) is 0 Å². The summed E-state index contributed by atoms with van der Waals surface area (Å²) in [5.41, 5.74) is 0.968. The van der Waals surface area contributed by atoms with Crippen molar-refractivity contribution >= 4 is 5.84 Å². The molecule has 1 aliphatic rings. The number of nitrogens with zero attached hydrogens (tertiary/aromatic N) is 1. The Bertz CT molecular complexity index is 515. The Morgan fingerprint density at radius 1 is 1.17 bits per heavy atom. The van der Waals surface area contributed by atoms with Crippen LogP contribution in [0.1, 0.15) is 24.2 Å². The molecule has 0 aliphatic heterocycles. The lowest BCUT2D eigenvalue weighted by molar-refractivity contribution is 0.352. The minimum atomic E-state index is 0.503. The zero-order valence-corrected chi connectivity index (χ0v) is 10.2. The molecule has 0 atom stereocenters. The average Bonchev–Trinajstić information content (AvgIpc) is 3.13. The van der Waals surface area contributed by atoms with Crippen LogP contribution >= 0.6 is 0 Å². The third-order valence-corrected chi connectivity index (χ3v) is 3.23. The van der Waals surface area contributed by atoms with Crippen LogP contribution in [0.2, 0.25) is 0 Å². The van der Waals surface area contributed by atoms with Crippen molar-refractivity contribution in [2.45, 2.75) is 25.4 Å². The van der Waals surface area contributed by atoms with E-state index in [1.807, 2.05) is 42.5 Å². The molecule has 1 aromatic heterocycles. The highest BCUT2D eigenvalue weighted by Crippen LogP contribution is 2.29. The van der Waals surface area contributed by atoms with Gasteiger partial charge in [0, 0.05) is 11.6 Å². The Kier molecular flexibility index (Phi) is 2.89. The molecule has 0 amide bonds. The number of hydrogen-bond donors (Lipinski definition) is 1. The maximum absolute atomic E-state index is 8.34. The van der Waals surface area contributed by atoms with Gasteiger partial charge in [0.25, 0.3) is 0 Å². The van der Waals surface area contributed by atoms with Crippen molar-refractivity contribution in [2.24, 2.45) is 0 Å². The zero-order valence-electron chi connectivity index (χ0n) is 10.2. The fourth-order valence-corrected chi connectivity index (χ4v) is 2.11. The Morgan fingerprint density at radius 2 is 1.94 bits per heavy atom. The van der Waals surface area contributed by atoms with Gasteiger partial charge in [-0.2, -0.15) is 0 Å². The molecule has 1 saturated carbocycles. The minimum Gasteiger partial charge on any atom is -0.467 e. The Labute approximate surface area is 107 Å². The van der Waals surface area contributed by atoms with Gasteiger partial charge in [-0.3, -0.25) is 5.41 Å². The highest BCUT2D eigenvalue weighted by Gasteiger charge is 2.31. The first-order chi connectivity index (χ1) is 8.84. The number of nitrogens with one attached hydrogen (secondary N) is 1. The van der Waals surface area contributed by atoms with Crippen LogP contribution in [0.4, 0.5) is 0 Å². The smallest absolute Gasteiger partial charge is 0.128 e. The van der Waals surface area contributed by atoms with Gasteiger partial charge in [-0.05, 0) is 25.0 Å². The lowest BCUT2D eigenvalue weighted by atomic mass is 10.2. The Balaban J connectivity index is 1.80. The molecule has 0 saturated heterocycles. The summed E-state index contributed by atoms with van der Waals surface area (Å²) in [7, 11) is 0. The maximum Gasteiger partial charge on any atom is 0.128 e. The third-order valence-electron chi connectivity index (χ3n) is 3.23. The molecule has 1 heterocycles. The summed E-state index contributed by atoms with van der Waals surface area (Å²) in [6.45, 7) is 0.686. The van der Waals surface area contributed by atoms with E-state index in [0.717, 1.165) is 11.3 Å². The lowest BCUT2D eigenvalue weighted by Gasteiger charge is -2.24. The molecule has 1 aliphatic carbocycles. The maximum atomic E-state index is 8.34. The number of rotatable bonds is 4. The van der Waals surface area contributed by atoms with Gasteiger partial charge in [0.2, 0.25) is 0 Å². The van der Waals surface area contributed by atoms with E-state index in [9.17, 15) is 0 Å². The first-order valence-corrected chi connectivity index (χ1v) is 6.27. The molecule has 1 N–H and O–H groups in total. The van der Waals surface area contributed by atoms with Crippen molar-refractivity contribution in [3.05, 3.63) is 60.1 Å². The SMILES string of the molecule is N=C(c1ccccc1)N(Cc1ccco1)C1CC1. The summed E-state index contributed by atoms with van der Waals surface area (Å²) < 4.78 is 5.39. The van der Waals surface area contributed by atoms with Crippen LogP contribution in [0.25, 0.3) is 0 Å². The van der Waals surface area contributed by atoms with Gasteiger partial charge in [-0.25, -0.2) is 0 Å². The molecule has 3 heteroatoms. The lowest BCUT2D eigenvalue weighted by Crippen LogP contribution is -2.32. The van der Waals surface area contributed by atoms with E-state index >= 15 is 0 Å². The second-order valence-electron chi connectivity index (χ2n) is 4.65. The van der Waals surface area contributed by atoms with E-state index < -0.39 is 0 Å². The number of benzene rings is 1. The van der Waals surface area contributed by atoms with E-state index in [1.54, 1.807) is 6.26 Å². The topological polar surface area (TPSA) is 40.2 Å². The molecule has 0 radical (unpaired) electrons. The molecule has 0 unspecified atom stereocenters. The summed E-state index contributed by atoms with van der Waals surface area (Å²) in [4.78, 5) is 2.13. The highest BCUT2D eigenvalue weighted by molar-refractivity contribution is 5.96. The molecule has 2 aromatic rings. The molecule has 92 valence electrons. The monoisotopic (exact) mass is 240 g/mol. The molecule has 1 fully saturated rings. The van der Waals surface area contributed by atoms with Gasteiger partial charge < -0.3 is 9.32 Å². The Hall–Kier alpha value is -2.03. The number of amidine groups is 1. The second-order valence-corrected chi connectivity index (χ2v) is 4.65. The molecule has 18 heavy (non-hydrogen) atoms. The van der Waals surface area contributed by atoms with Gasteiger partial charge in [-0.1, -0.05) is 30.3 Å². The van der Waals surface area contributed by atoms with Crippen LogP contribution in [-0.4, -0.2) is 16.8 Å². The largest absolute Gasteiger partial charge is 0.467 e. The first-order valence-electron chi connectivity index (χ1n) is 6.27. The number of hydrogen-bond acceptors (Lipinski definition) is 2. The molecule has 0 spiro atoms. The molecular formula is C15H16N2O. The molecular weight excluding hydrogens is 224 g/mol. The zero-order chi connectivity index (χ0) is 12.4. The first kappa shape index (κ1) is 11.1. The van der Waals surface area contributed by atoms with Gasteiger partial charge in [0.15, 0.2) is 0 Å². The Morgan fingerprint density at radius 3 is 2.56 bits per heavy atom. The van der Waals surface area contributed by atoms with Gasteiger partial charge in [-0.15, -0.1) is 0 Å². The fourth-order valence-electron chi connectivity index (χ4n) is 2.11. The van der Waals surface area contributed by atoms with Crippen LogP contribution in [0, 0.1) is 5.41 Å². The van der Waals surface area contributed by atoms with E-state index in [2.05, 4.69) is 4.90 Å². The fraction of sp³-hybridized carbons (Fsp3) is 0.267. The van der Waals surface area contributed by atoms with Crippen molar-refractivity contribution in [1.29, 1.82) is 5.41 Å². The van der Waals surface area contributed by atoms with Gasteiger partial charge >= 0.3 is 0 Å². The van der Waals surface area contributed by atoms with Crippen molar-refractivity contribution < 1.29 is 4.42 Å². The van der Waals surface area contributed by atoms with Crippen molar-refractivity contribution in [1.82, 2.24) is 4.90 Å². The van der Waals surface area contributed by atoms with Crippen molar-refractivity contribution in [3.8, 4) is 0 Å². The van der Waals surface area contributed by atoms with Crippen LogP contribution in [0.15, 0.2) is 53.1 Å². The average molecular weight is 240 g/mol. The quantitative estimate of drug-likeness (QED) is 0.658. The van der Waals surface area contributed by atoms with Crippen LogP contribution in [0.5, 0.6) is 0 Å². The van der Waals surface area contributed by atoms with E-state index in [0.29, 0.717) is 18.4 Å². The molecule has 3 nitrogen and oxygen atoms in total. The standard InChI is InChI=1S/C15H16N2O/c16-15(12-5-2-1-3-6-12)17(13-8-9-13)11-14-7-4-10-18-14/h1-7,10,13,16H,8-9,11H2. The van der Waals surface area contributed by atoms with Crippen molar-refractivity contribution in [2.75, 3.05) is 0 Å². The molecule has 1 aromatic carbocycles. The van der Waals surface area contributed by atoms with E-state index in [1.165, 1.54) is 12.8 Å². The highest BCUT2D eigenvalue weighted by atomic mass is 16.3. The van der Waals surface area contributed by atoms with Crippen LogP contribution in [-0.2, 0) is 6.54 Å². The third kappa shape index (κ3) is 2.30. The predicted molar refractivity (Wildman–Crippen MR) is 70.5 cm³/mol. The van der Waals surface area contributed by atoms with Gasteiger partial charge in [0.05, 0.1) is 12.8 Å². The predicted octanol–water partition coefficient (Wildman–Crippen LogP) is 3.27. The minimum absolute atomic E-state index is 0.503. The second kappa shape index (κ2) is 4.69. The summed E-state index contributed by atoms with van der Waals surface area (Å²) in [6.07, 6.45) is 4.04. The summed E-state index contributed by atoms with van der Waals surface area (Å²) in [6, 6.07) is 14.3. The normalized spacial score (nSPS) is 14.4. The van der Waals surface area contributed by atoms with Crippen LogP contribution < -0.4 is 0 Å². The number of furan rings is 1. The molecule has 3 rings (SSSR count). The summed E-state index contributed by atoms with van der Waals surface area (Å²) >= 11 is 0. The molecule has 0 bridgehead atoms. The van der Waals surface area contributed by atoms with E-state index in [4.69, 9.17) is 9.83 Å². The summed E-state index contributed by atoms with van der Waals surface area (Å²) in [5.74, 6) is 1.51.